The fraction of sp³-hybridized carbons (Fsp3) is 0.391. The highest BCUT2D eigenvalue weighted by atomic mass is 19.1. The first-order valence-electron chi connectivity index (χ1n) is 11.2. The molecule has 0 spiro atoms. The summed E-state index contributed by atoms with van der Waals surface area (Å²) in [5.41, 5.74) is -2.68. The van der Waals surface area contributed by atoms with E-state index in [0.29, 0.717) is 25.0 Å². The van der Waals surface area contributed by atoms with Crippen LogP contribution in [0.1, 0.15) is 52.2 Å². The summed E-state index contributed by atoms with van der Waals surface area (Å²) >= 11 is 0. The van der Waals surface area contributed by atoms with E-state index in [2.05, 4.69) is 10.6 Å². The minimum Gasteiger partial charge on any atom is -0.503 e. The van der Waals surface area contributed by atoms with Crippen LogP contribution in [0.25, 0.3) is 0 Å². The molecule has 192 valence electrons. The smallest absolute Gasteiger partial charge is 0.404 e. The number of aromatic nitrogens is 1. The Balaban J connectivity index is 1.71. The summed E-state index contributed by atoms with van der Waals surface area (Å²) in [4.78, 5) is 51.3. The maximum atomic E-state index is 13.9. The van der Waals surface area contributed by atoms with Gasteiger partial charge in [0.2, 0.25) is 5.43 Å². The number of aromatic hydroxyl groups is 1. The highest BCUT2D eigenvalue weighted by Crippen LogP contribution is 2.37. The Kier molecular flexibility index (Phi) is 6.65. The molecule has 10 nitrogen and oxygen atoms in total. The van der Waals surface area contributed by atoms with Crippen LogP contribution in [0.4, 0.5) is 18.0 Å². The molecular weight excluding hydrogens is 485 g/mol. The van der Waals surface area contributed by atoms with Gasteiger partial charge in [-0.2, -0.15) is 0 Å². The van der Waals surface area contributed by atoms with Gasteiger partial charge in [0, 0.05) is 49.6 Å². The van der Waals surface area contributed by atoms with Gasteiger partial charge in [-0.25, -0.2) is 18.0 Å². The second kappa shape index (κ2) is 9.55. The second-order valence-electron chi connectivity index (χ2n) is 8.90. The number of benzene rings is 1. The molecule has 3 heterocycles. The molecule has 4 rings (SSSR count). The normalized spacial score (nSPS) is 20.9. The van der Waals surface area contributed by atoms with E-state index < -0.39 is 70.3 Å². The summed E-state index contributed by atoms with van der Waals surface area (Å²) < 4.78 is 42.3. The quantitative estimate of drug-likeness (QED) is 0.487. The molecule has 13 heteroatoms. The van der Waals surface area contributed by atoms with Gasteiger partial charge < -0.3 is 30.3 Å². The lowest BCUT2D eigenvalue weighted by Gasteiger charge is -2.39. The third kappa shape index (κ3) is 4.48. The van der Waals surface area contributed by atoms with E-state index in [4.69, 9.17) is 5.11 Å². The van der Waals surface area contributed by atoms with E-state index in [9.17, 15) is 37.5 Å². The zero-order valence-electron chi connectivity index (χ0n) is 19.1. The maximum Gasteiger partial charge on any atom is 0.404 e. The van der Waals surface area contributed by atoms with Crippen LogP contribution in [0.3, 0.4) is 0 Å². The zero-order valence-corrected chi connectivity index (χ0v) is 19.1. The summed E-state index contributed by atoms with van der Waals surface area (Å²) in [7, 11) is 0. The topological polar surface area (TPSA) is 141 Å². The summed E-state index contributed by atoms with van der Waals surface area (Å²) in [6, 6.07) is 0.0841. The third-order valence-corrected chi connectivity index (χ3v) is 6.74. The van der Waals surface area contributed by atoms with Crippen LogP contribution in [0.15, 0.2) is 23.1 Å². The molecule has 3 amide bonds. The number of nitrogens with one attached hydrogen (secondary N) is 2. The monoisotopic (exact) mass is 508 g/mol. The Labute approximate surface area is 202 Å². The lowest BCUT2D eigenvalue weighted by atomic mass is 9.93. The highest BCUT2D eigenvalue weighted by molar-refractivity contribution is 5.99. The van der Waals surface area contributed by atoms with Crippen molar-refractivity contribution in [3.05, 3.63) is 62.8 Å². The predicted octanol–water partition coefficient (Wildman–Crippen LogP) is 1.96. The fourth-order valence-corrected chi connectivity index (χ4v) is 4.78. The highest BCUT2D eigenvalue weighted by Gasteiger charge is 2.42. The van der Waals surface area contributed by atoms with Crippen molar-refractivity contribution in [3.8, 4) is 5.75 Å². The molecule has 2 bridgehead atoms. The average molecular weight is 508 g/mol. The molecular formula is C23H23F3N4O6. The van der Waals surface area contributed by atoms with Crippen molar-refractivity contribution in [3.63, 3.8) is 0 Å². The summed E-state index contributed by atoms with van der Waals surface area (Å²) in [6.45, 7) is 1.29. The lowest BCUT2D eigenvalue weighted by Crippen LogP contribution is -2.49. The standard InChI is InChI=1S/C23H23F3N4O6/c1-10-2-3-11(6-28-23(35)36)17-9-29(10)22(34)18-20(32)19(31)14(8-30(17)18)21(33)27-7-13-15(25)4-12(24)5-16(13)26/h4-5,8,10-11,17,28,32H,2-3,6-7,9H2,1H3,(H,27,33)(H,35,36). The SMILES string of the molecule is CC1CCC(CNC(=O)O)C2CN1C(=O)c1c(O)c(=O)c(C(=O)NCc3c(F)cc(F)cc3F)cn12. The molecule has 0 aliphatic carbocycles. The van der Waals surface area contributed by atoms with E-state index in [-0.39, 0.29) is 30.7 Å². The summed E-state index contributed by atoms with van der Waals surface area (Å²) in [5, 5.41) is 24.2. The Hall–Kier alpha value is -4.03. The van der Waals surface area contributed by atoms with Gasteiger partial charge in [-0.05, 0) is 25.7 Å². The van der Waals surface area contributed by atoms with Crippen molar-refractivity contribution < 1.29 is 37.8 Å². The van der Waals surface area contributed by atoms with E-state index in [1.54, 1.807) is 0 Å². The number of carbonyl (C=O) groups is 3. The van der Waals surface area contributed by atoms with Gasteiger partial charge in [0.15, 0.2) is 11.4 Å². The number of hydrogen-bond acceptors (Lipinski definition) is 5. The molecule has 0 radical (unpaired) electrons. The second-order valence-corrected chi connectivity index (χ2v) is 8.90. The fourth-order valence-electron chi connectivity index (χ4n) is 4.78. The van der Waals surface area contributed by atoms with Gasteiger partial charge >= 0.3 is 6.09 Å². The molecule has 1 aromatic heterocycles. The molecule has 36 heavy (non-hydrogen) atoms. The van der Waals surface area contributed by atoms with Gasteiger partial charge in [-0.3, -0.25) is 14.4 Å². The van der Waals surface area contributed by atoms with Crippen molar-refractivity contribution in [2.45, 2.75) is 38.4 Å². The van der Waals surface area contributed by atoms with Crippen molar-refractivity contribution >= 4 is 17.9 Å². The van der Waals surface area contributed by atoms with Crippen molar-refractivity contribution in [2.24, 2.45) is 5.92 Å². The molecule has 0 saturated carbocycles. The third-order valence-electron chi connectivity index (χ3n) is 6.74. The molecule has 2 aliphatic heterocycles. The number of pyridine rings is 1. The summed E-state index contributed by atoms with van der Waals surface area (Å²) in [6.07, 6.45) is 0.926. The van der Waals surface area contributed by atoms with Crippen molar-refractivity contribution in [2.75, 3.05) is 13.1 Å². The van der Waals surface area contributed by atoms with Crippen LogP contribution in [0.2, 0.25) is 0 Å². The molecule has 2 aromatic rings. The van der Waals surface area contributed by atoms with Gasteiger partial charge in [-0.1, -0.05) is 0 Å². The Morgan fingerprint density at radius 1 is 1.11 bits per heavy atom. The Morgan fingerprint density at radius 3 is 2.42 bits per heavy atom. The molecule has 1 fully saturated rings. The van der Waals surface area contributed by atoms with Gasteiger partial charge in [0.25, 0.3) is 11.8 Å². The first-order chi connectivity index (χ1) is 17.0. The number of carboxylic acid groups (broad SMARTS) is 1. The molecule has 1 aromatic carbocycles. The van der Waals surface area contributed by atoms with Crippen LogP contribution in [-0.2, 0) is 6.54 Å². The number of hydrogen-bond donors (Lipinski definition) is 4. The van der Waals surface area contributed by atoms with Crippen molar-refractivity contribution in [1.29, 1.82) is 0 Å². The predicted molar refractivity (Wildman–Crippen MR) is 118 cm³/mol. The van der Waals surface area contributed by atoms with Crippen LogP contribution in [-0.4, -0.2) is 56.7 Å². The number of nitrogens with zero attached hydrogens (tertiary/aromatic N) is 2. The number of carbonyl (C=O) groups excluding carboxylic acids is 2. The van der Waals surface area contributed by atoms with Crippen LogP contribution < -0.4 is 16.1 Å². The van der Waals surface area contributed by atoms with E-state index in [0.717, 1.165) is 6.20 Å². The van der Waals surface area contributed by atoms with E-state index in [1.807, 2.05) is 6.92 Å². The van der Waals surface area contributed by atoms with Gasteiger partial charge in [-0.15, -0.1) is 0 Å². The zero-order chi connectivity index (χ0) is 26.3. The molecule has 4 N–H and O–H groups in total. The molecule has 3 atom stereocenters. The Morgan fingerprint density at radius 2 is 1.78 bits per heavy atom. The minimum atomic E-state index is -1.24. The summed E-state index contributed by atoms with van der Waals surface area (Å²) in [5.74, 6) is -6.58. The number of amides is 3. The lowest BCUT2D eigenvalue weighted by molar-refractivity contribution is 0.0587. The van der Waals surface area contributed by atoms with Crippen LogP contribution >= 0.6 is 0 Å². The molecule has 2 aliphatic rings. The van der Waals surface area contributed by atoms with E-state index >= 15 is 0 Å². The largest absolute Gasteiger partial charge is 0.503 e. The number of rotatable bonds is 5. The maximum absolute atomic E-state index is 13.9. The van der Waals surface area contributed by atoms with Crippen LogP contribution in [0, 0.1) is 23.4 Å². The van der Waals surface area contributed by atoms with Gasteiger partial charge in [0.05, 0.1) is 6.04 Å². The molecule has 1 saturated heterocycles. The average Bonchev–Trinajstić information content (AvgIpc) is 2.94. The molecule has 3 unspecified atom stereocenters. The Bertz CT molecular complexity index is 1290. The van der Waals surface area contributed by atoms with Crippen molar-refractivity contribution in [1.82, 2.24) is 20.1 Å². The first kappa shape index (κ1) is 25.1. The minimum absolute atomic E-state index is 0.0335. The number of fused-ring (bicyclic) bond motifs is 4. The van der Waals surface area contributed by atoms with Crippen LogP contribution in [0.5, 0.6) is 5.75 Å². The number of halogens is 3. The van der Waals surface area contributed by atoms with E-state index in [1.165, 1.54) is 9.47 Å². The first-order valence-corrected chi connectivity index (χ1v) is 11.2. The van der Waals surface area contributed by atoms with Gasteiger partial charge in [0.1, 0.15) is 23.0 Å².